The van der Waals surface area contributed by atoms with E-state index in [0.717, 1.165) is 16.8 Å². The third-order valence-electron chi connectivity index (χ3n) is 4.08. The van der Waals surface area contributed by atoms with Crippen molar-refractivity contribution in [3.8, 4) is 6.07 Å². The number of amides is 1. The number of nitriles is 1. The van der Waals surface area contributed by atoms with Crippen molar-refractivity contribution in [3.63, 3.8) is 0 Å². The number of carbonyl (C=O) groups is 2. The highest BCUT2D eigenvalue weighted by molar-refractivity contribution is 6.04. The predicted octanol–water partition coefficient (Wildman–Crippen LogP) is 4.57. The molecule has 0 saturated carbocycles. The quantitative estimate of drug-likeness (QED) is 0.500. The number of para-hydroxylation sites is 1. The Kier molecular flexibility index (Phi) is 6.53. The molecular weight excluding hydrogens is 364 g/mol. The zero-order valence-electron chi connectivity index (χ0n) is 15.5. The summed E-state index contributed by atoms with van der Waals surface area (Å²) in [4.78, 5) is 24.1. The Hall–Kier alpha value is -4.17. The molecule has 3 aromatic carbocycles. The lowest BCUT2D eigenvalue weighted by molar-refractivity contribution is -0.138. The molecule has 0 aromatic heterocycles. The summed E-state index contributed by atoms with van der Waals surface area (Å²) in [5.74, 6) is -0.676. The molecule has 0 aliphatic carbocycles. The molecule has 5 heteroatoms. The molecule has 0 aliphatic heterocycles. The van der Waals surface area contributed by atoms with Crippen LogP contribution in [0.2, 0.25) is 0 Å². The maximum absolute atomic E-state index is 12.2. The van der Waals surface area contributed by atoms with Crippen molar-refractivity contribution >= 4 is 23.6 Å². The van der Waals surface area contributed by atoms with Crippen LogP contribution in [0.3, 0.4) is 0 Å². The number of esters is 1. The molecule has 3 rings (SSSR count). The van der Waals surface area contributed by atoms with E-state index in [2.05, 4.69) is 5.32 Å². The molecule has 1 amide bonds. The van der Waals surface area contributed by atoms with Gasteiger partial charge in [-0.2, -0.15) is 5.26 Å². The Labute approximate surface area is 168 Å². The van der Waals surface area contributed by atoms with Crippen molar-refractivity contribution in [3.05, 3.63) is 107 Å². The van der Waals surface area contributed by atoms with Crippen molar-refractivity contribution < 1.29 is 14.3 Å². The number of anilines is 1. The van der Waals surface area contributed by atoms with E-state index in [4.69, 9.17) is 10.00 Å². The van der Waals surface area contributed by atoms with E-state index in [9.17, 15) is 9.59 Å². The third-order valence-corrected chi connectivity index (χ3v) is 4.08. The van der Waals surface area contributed by atoms with E-state index in [0.29, 0.717) is 11.1 Å². The van der Waals surface area contributed by atoms with Gasteiger partial charge in [0, 0.05) is 17.3 Å². The predicted molar refractivity (Wildman–Crippen MR) is 111 cm³/mol. The van der Waals surface area contributed by atoms with Crippen LogP contribution in [-0.4, -0.2) is 11.9 Å². The number of hydrogen-bond donors (Lipinski definition) is 1. The highest BCUT2D eigenvalue weighted by atomic mass is 16.5. The van der Waals surface area contributed by atoms with Crippen molar-refractivity contribution in [1.29, 1.82) is 5.26 Å². The number of hydrogen-bond acceptors (Lipinski definition) is 4. The fourth-order valence-electron chi connectivity index (χ4n) is 2.51. The van der Waals surface area contributed by atoms with Crippen LogP contribution in [0.15, 0.2) is 84.9 Å². The lowest BCUT2D eigenvalue weighted by Gasteiger charge is -2.06. The Bertz CT molecular complexity index is 1050. The van der Waals surface area contributed by atoms with Gasteiger partial charge in [-0.15, -0.1) is 0 Å². The SMILES string of the molecule is N#Cc1ccc(/C=C/C(=O)OCc2ccc(C(=O)Nc3ccccc3)cc2)cc1. The highest BCUT2D eigenvalue weighted by Crippen LogP contribution is 2.11. The summed E-state index contributed by atoms with van der Waals surface area (Å²) < 4.78 is 5.21. The van der Waals surface area contributed by atoms with Crippen LogP contribution < -0.4 is 5.32 Å². The topological polar surface area (TPSA) is 79.2 Å². The molecule has 0 saturated heterocycles. The minimum Gasteiger partial charge on any atom is -0.458 e. The van der Waals surface area contributed by atoms with Crippen LogP contribution in [0.25, 0.3) is 6.08 Å². The van der Waals surface area contributed by atoms with E-state index >= 15 is 0 Å². The molecule has 0 bridgehead atoms. The fourth-order valence-corrected chi connectivity index (χ4v) is 2.51. The molecule has 0 heterocycles. The van der Waals surface area contributed by atoms with Gasteiger partial charge in [0.1, 0.15) is 6.61 Å². The summed E-state index contributed by atoms with van der Waals surface area (Å²) >= 11 is 0. The number of nitrogens with one attached hydrogen (secondary N) is 1. The molecule has 5 nitrogen and oxygen atoms in total. The molecule has 0 fully saturated rings. The van der Waals surface area contributed by atoms with Gasteiger partial charge in [0.15, 0.2) is 0 Å². The molecule has 29 heavy (non-hydrogen) atoms. The van der Waals surface area contributed by atoms with Crippen molar-refractivity contribution in [2.24, 2.45) is 0 Å². The summed E-state index contributed by atoms with van der Waals surface area (Å²) in [6.45, 7) is 0.108. The average molecular weight is 382 g/mol. The first kappa shape index (κ1) is 19.6. The van der Waals surface area contributed by atoms with Crippen LogP contribution in [0.4, 0.5) is 5.69 Å². The van der Waals surface area contributed by atoms with Crippen LogP contribution in [-0.2, 0) is 16.1 Å². The number of rotatable bonds is 6. The number of benzene rings is 3. The molecule has 0 unspecified atom stereocenters. The summed E-state index contributed by atoms with van der Waals surface area (Å²) in [7, 11) is 0. The van der Waals surface area contributed by atoms with Crippen molar-refractivity contribution in [1.82, 2.24) is 0 Å². The van der Waals surface area contributed by atoms with Crippen LogP contribution in [0.1, 0.15) is 27.0 Å². The number of carbonyl (C=O) groups excluding carboxylic acids is 2. The van der Waals surface area contributed by atoms with Crippen LogP contribution >= 0.6 is 0 Å². The Morgan fingerprint density at radius 1 is 0.931 bits per heavy atom. The maximum atomic E-state index is 12.2. The molecule has 1 N–H and O–H groups in total. The molecule has 0 spiro atoms. The summed E-state index contributed by atoms with van der Waals surface area (Å²) in [5, 5.41) is 11.6. The fraction of sp³-hybridized carbons (Fsp3) is 0.0417. The molecule has 3 aromatic rings. The second kappa shape index (κ2) is 9.67. The largest absolute Gasteiger partial charge is 0.458 e. The smallest absolute Gasteiger partial charge is 0.331 e. The molecule has 0 radical (unpaired) electrons. The van der Waals surface area contributed by atoms with Gasteiger partial charge >= 0.3 is 5.97 Å². The minimum absolute atomic E-state index is 0.108. The van der Waals surface area contributed by atoms with Gasteiger partial charge in [-0.05, 0) is 53.6 Å². The van der Waals surface area contributed by atoms with E-state index in [1.807, 2.05) is 36.4 Å². The number of nitrogens with zero attached hydrogens (tertiary/aromatic N) is 1. The molecule has 142 valence electrons. The monoisotopic (exact) mass is 382 g/mol. The van der Waals surface area contributed by atoms with E-state index < -0.39 is 5.97 Å². The summed E-state index contributed by atoms with van der Waals surface area (Å²) in [6.07, 6.45) is 2.96. The van der Waals surface area contributed by atoms with Gasteiger partial charge in [-0.3, -0.25) is 4.79 Å². The minimum atomic E-state index is -0.472. The van der Waals surface area contributed by atoms with Crippen molar-refractivity contribution in [2.45, 2.75) is 6.61 Å². The van der Waals surface area contributed by atoms with Gasteiger partial charge in [-0.1, -0.05) is 42.5 Å². The first-order valence-corrected chi connectivity index (χ1v) is 8.94. The zero-order chi connectivity index (χ0) is 20.5. The third kappa shape index (κ3) is 5.91. The second-order valence-corrected chi connectivity index (χ2v) is 6.19. The lowest BCUT2D eigenvalue weighted by Crippen LogP contribution is -2.11. The van der Waals surface area contributed by atoms with Gasteiger partial charge in [0.05, 0.1) is 11.6 Å². The lowest BCUT2D eigenvalue weighted by atomic mass is 10.1. The van der Waals surface area contributed by atoms with Crippen LogP contribution in [0.5, 0.6) is 0 Å². The second-order valence-electron chi connectivity index (χ2n) is 6.19. The average Bonchev–Trinajstić information content (AvgIpc) is 2.77. The molecule has 0 atom stereocenters. The van der Waals surface area contributed by atoms with E-state index in [-0.39, 0.29) is 12.5 Å². The standard InChI is InChI=1S/C24H18N2O3/c25-16-19-8-6-18(7-9-19)12-15-23(27)29-17-20-10-13-21(14-11-20)24(28)26-22-4-2-1-3-5-22/h1-15H,17H2,(H,26,28)/b15-12+. The highest BCUT2D eigenvalue weighted by Gasteiger charge is 2.06. The summed E-state index contributed by atoms with van der Waals surface area (Å²) in [5.41, 5.74) is 3.39. The Morgan fingerprint density at radius 3 is 2.28 bits per heavy atom. The van der Waals surface area contributed by atoms with Gasteiger partial charge in [0.25, 0.3) is 5.91 Å². The zero-order valence-corrected chi connectivity index (χ0v) is 15.5. The summed E-state index contributed by atoms with van der Waals surface area (Å²) in [6, 6.07) is 25.0. The number of ether oxygens (including phenoxy) is 1. The Morgan fingerprint density at radius 2 is 1.62 bits per heavy atom. The first-order valence-electron chi connectivity index (χ1n) is 8.94. The Balaban J connectivity index is 1.50. The molecular formula is C24H18N2O3. The normalized spacial score (nSPS) is 10.3. The van der Waals surface area contributed by atoms with Gasteiger partial charge in [0.2, 0.25) is 0 Å². The first-order chi connectivity index (χ1) is 14.1. The van der Waals surface area contributed by atoms with E-state index in [1.165, 1.54) is 6.08 Å². The van der Waals surface area contributed by atoms with Crippen molar-refractivity contribution in [2.75, 3.05) is 5.32 Å². The van der Waals surface area contributed by atoms with Crippen LogP contribution in [0, 0.1) is 11.3 Å². The van der Waals surface area contributed by atoms with Gasteiger partial charge < -0.3 is 10.1 Å². The van der Waals surface area contributed by atoms with Gasteiger partial charge in [-0.25, -0.2) is 4.79 Å². The maximum Gasteiger partial charge on any atom is 0.331 e. The van der Waals surface area contributed by atoms with E-state index in [1.54, 1.807) is 54.6 Å². The molecule has 0 aliphatic rings.